The third-order valence-electron chi connectivity index (χ3n) is 9.51. The lowest BCUT2D eigenvalue weighted by molar-refractivity contribution is -0.0587. The standard InChI is InChI=1S/C29H40N10O10P2S2/c1-29(2,31)10-32-28-36-23(30)18-25(37-28)39(12-35-18)27-22-19(40)15(46-27)8-44-50(42,52)48-21-16(9-45-51(43,53)49-22)47-26(20(21)41)38-7-13-5-3-4-6-14-17(13)24(38)34-11-33-14/h7,11-12,15-16,19-22,26-27,40-41H,3-6,8-10,31H2,1-2H3,(H,42,52)(H,43,53)(H3,30,32,36,37)/t15-,16-,19-,20-,21-,22-,26-,27-,50?,51?/m1/s1. The molecule has 24 heteroatoms. The number of aryl methyl sites for hydroxylation is 2. The minimum atomic E-state index is -4.35. The summed E-state index contributed by atoms with van der Waals surface area (Å²) in [6, 6.07) is 0. The van der Waals surface area contributed by atoms with Gasteiger partial charge in [-0.3, -0.25) is 18.1 Å². The normalized spacial score (nSPS) is 35.4. The van der Waals surface area contributed by atoms with E-state index in [4.69, 9.17) is 50.8 Å². The highest BCUT2D eigenvalue weighted by Gasteiger charge is 2.53. The number of aliphatic hydroxyl groups is 2. The van der Waals surface area contributed by atoms with Crippen molar-refractivity contribution in [1.29, 1.82) is 0 Å². The Bertz CT molecular complexity index is 2140. The van der Waals surface area contributed by atoms with Crippen LogP contribution in [0.3, 0.4) is 0 Å². The molecular formula is C29H40N10O10P2S2. The average molecular weight is 815 g/mol. The zero-order chi connectivity index (χ0) is 37.4. The van der Waals surface area contributed by atoms with Crippen molar-refractivity contribution in [3.63, 3.8) is 0 Å². The first-order valence-corrected chi connectivity index (χ1v) is 22.2. The van der Waals surface area contributed by atoms with Gasteiger partial charge in [-0.2, -0.15) is 9.97 Å². The van der Waals surface area contributed by atoms with Crippen LogP contribution in [0.2, 0.25) is 0 Å². The monoisotopic (exact) mass is 814 g/mol. The van der Waals surface area contributed by atoms with Crippen molar-refractivity contribution in [2.24, 2.45) is 5.73 Å². The van der Waals surface area contributed by atoms with Gasteiger partial charge < -0.3 is 50.5 Å². The number of fused-ring (bicyclic) bond motifs is 4. The number of rotatable bonds is 5. The number of nitrogens with one attached hydrogen (secondary N) is 1. The number of ether oxygens (including phenoxy) is 2. The maximum atomic E-state index is 13.9. The Morgan fingerprint density at radius 3 is 2.55 bits per heavy atom. The van der Waals surface area contributed by atoms with E-state index >= 15 is 0 Å². The summed E-state index contributed by atoms with van der Waals surface area (Å²) in [6.45, 7) is -5.55. The second kappa shape index (κ2) is 14.0. The van der Waals surface area contributed by atoms with E-state index in [9.17, 15) is 19.7 Å². The Balaban J connectivity index is 1.09. The molecule has 4 aromatic rings. The number of nitrogens with zero attached hydrogens (tertiary/aromatic N) is 7. The van der Waals surface area contributed by atoms with Crippen LogP contribution in [0.5, 0.6) is 0 Å². The molecule has 3 fully saturated rings. The Labute approximate surface area is 312 Å². The third-order valence-corrected chi connectivity index (χ3v) is 12.7. The van der Waals surface area contributed by atoms with E-state index in [1.165, 1.54) is 17.2 Å². The van der Waals surface area contributed by atoms with E-state index in [1.54, 1.807) is 4.57 Å². The molecule has 2 bridgehead atoms. The van der Waals surface area contributed by atoms with E-state index in [2.05, 4.69) is 42.5 Å². The molecule has 0 radical (unpaired) electrons. The molecule has 8 N–H and O–H groups in total. The Hall–Kier alpha value is -2.40. The van der Waals surface area contributed by atoms with Gasteiger partial charge in [-0.05, 0) is 56.9 Å². The SMILES string of the molecule is CC(C)(N)CNc1nc(N)c2ncn([C@@H]3O[C@@H]4COP(O)(=S)O[C@H]5[C@@H](O)[C@H](n6cc7c8c(ncnc86)CCCC7)O[C@@H]5COP(=O)(S)O[C@@H]3[C@@H]4O)c2n1. The fraction of sp³-hybridized carbons (Fsp3) is 0.621. The number of anilines is 2. The van der Waals surface area contributed by atoms with Crippen LogP contribution in [0.1, 0.15) is 50.4 Å². The van der Waals surface area contributed by atoms with Crippen molar-refractivity contribution in [3.05, 3.63) is 30.1 Å². The fourth-order valence-corrected chi connectivity index (χ4v) is 9.94. The van der Waals surface area contributed by atoms with Gasteiger partial charge in [-0.1, -0.05) is 12.2 Å². The van der Waals surface area contributed by atoms with Crippen molar-refractivity contribution < 1.29 is 47.2 Å². The van der Waals surface area contributed by atoms with Crippen LogP contribution in [-0.4, -0.2) is 111 Å². The lowest BCUT2D eigenvalue weighted by Crippen LogP contribution is -2.40. The molecule has 3 saturated heterocycles. The Morgan fingerprint density at radius 1 is 1.00 bits per heavy atom. The molecule has 7 heterocycles. The van der Waals surface area contributed by atoms with Gasteiger partial charge >= 0.3 is 13.5 Å². The molecule has 2 unspecified atom stereocenters. The fourth-order valence-electron chi connectivity index (χ4n) is 7.03. The van der Waals surface area contributed by atoms with Crippen LogP contribution < -0.4 is 16.8 Å². The second-order valence-corrected chi connectivity index (χ2v) is 19.8. The van der Waals surface area contributed by atoms with Crippen LogP contribution in [0.4, 0.5) is 11.8 Å². The van der Waals surface area contributed by atoms with Gasteiger partial charge in [-0.25, -0.2) is 19.5 Å². The van der Waals surface area contributed by atoms with Gasteiger partial charge in [0.15, 0.2) is 23.9 Å². The van der Waals surface area contributed by atoms with Crippen LogP contribution in [0.15, 0.2) is 18.9 Å². The topological polar surface area (TPSA) is 272 Å². The maximum absolute atomic E-state index is 13.9. The summed E-state index contributed by atoms with van der Waals surface area (Å²) in [5.41, 5.74) is 14.6. The van der Waals surface area contributed by atoms with Gasteiger partial charge in [0, 0.05) is 23.7 Å². The molecule has 10 atom stereocenters. The van der Waals surface area contributed by atoms with Crippen LogP contribution >= 0.6 is 25.8 Å². The van der Waals surface area contributed by atoms with E-state index < -0.39 is 81.3 Å². The van der Waals surface area contributed by atoms with Crippen molar-refractivity contribution >= 4 is 71.5 Å². The zero-order valence-electron chi connectivity index (χ0n) is 28.5. The van der Waals surface area contributed by atoms with Crippen LogP contribution in [0, 0.1) is 0 Å². The number of thiol groups is 1. The first kappa shape index (κ1) is 37.5. The number of imidazole rings is 1. The summed E-state index contributed by atoms with van der Waals surface area (Å²) in [7, 11) is 0. The second-order valence-electron chi connectivity index (χ2n) is 14.2. The summed E-state index contributed by atoms with van der Waals surface area (Å²) in [5.74, 6) is 0.207. The van der Waals surface area contributed by atoms with Crippen LogP contribution in [0.25, 0.3) is 22.2 Å². The van der Waals surface area contributed by atoms with Gasteiger partial charge in [0.05, 0.1) is 25.2 Å². The minimum Gasteiger partial charge on any atom is -0.387 e. The molecule has 0 amide bonds. The third kappa shape index (κ3) is 7.36. The molecule has 0 saturated carbocycles. The molecular weight excluding hydrogens is 774 g/mol. The Morgan fingerprint density at radius 2 is 1.75 bits per heavy atom. The highest BCUT2D eigenvalue weighted by Crippen LogP contribution is 2.58. The van der Waals surface area contributed by atoms with Gasteiger partial charge in [0.1, 0.15) is 54.1 Å². The number of hydrogen-bond donors (Lipinski definition) is 7. The van der Waals surface area contributed by atoms with Crippen molar-refractivity contribution in [2.75, 3.05) is 30.8 Å². The summed E-state index contributed by atoms with van der Waals surface area (Å²) in [5, 5.41) is 27.0. The largest absolute Gasteiger partial charge is 0.387 e. The molecule has 3 aliphatic heterocycles. The van der Waals surface area contributed by atoms with Crippen molar-refractivity contribution in [1.82, 2.24) is 34.1 Å². The summed E-state index contributed by atoms with van der Waals surface area (Å²) in [6.07, 6.45) is -2.11. The van der Waals surface area contributed by atoms with E-state index in [0.29, 0.717) is 12.2 Å². The number of nitrogen functional groups attached to an aromatic ring is 1. The summed E-state index contributed by atoms with van der Waals surface area (Å²) >= 11 is 9.59. The number of aromatic nitrogens is 7. The summed E-state index contributed by atoms with van der Waals surface area (Å²) in [4.78, 5) is 33.4. The lowest BCUT2D eigenvalue weighted by Gasteiger charge is -2.27. The maximum Gasteiger partial charge on any atom is 0.386 e. The van der Waals surface area contributed by atoms with E-state index in [-0.39, 0.29) is 22.9 Å². The Kier molecular flexibility index (Phi) is 9.88. The van der Waals surface area contributed by atoms with E-state index in [0.717, 1.165) is 42.3 Å². The molecule has 0 spiro atoms. The molecule has 288 valence electrons. The highest BCUT2D eigenvalue weighted by molar-refractivity contribution is 8.44. The molecule has 53 heavy (non-hydrogen) atoms. The lowest BCUT2D eigenvalue weighted by atomic mass is 10.1. The highest BCUT2D eigenvalue weighted by atomic mass is 32.7. The number of hydrogen-bond acceptors (Lipinski definition) is 18. The van der Waals surface area contributed by atoms with Gasteiger partial charge in [0.2, 0.25) is 5.95 Å². The minimum absolute atomic E-state index is 0.0530. The predicted octanol–water partition coefficient (Wildman–Crippen LogP) is 1.47. The average Bonchev–Trinajstić information content (AvgIpc) is 3.79. The number of nitrogens with two attached hydrogens (primary N) is 2. The predicted molar refractivity (Wildman–Crippen MR) is 195 cm³/mol. The smallest absolute Gasteiger partial charge is 0.386 e. The molecule has 20 nitrogen and oxygen atoms in total. The van der Waals surface area contributed by atoms with E-state index in [1.807, 2.05) is 20.0 Å². The zero-order valence-corrected chi connectivity index (χ0v) is 32.0. The molecule has 4 aromatic heterocycles. The van der Waals surface area contributed by atoms with Crippen molar-refractivity contribution in [2.45, 2.75) is 94.1 Å². The molecule has 1 aliphatic carbocycles. The molecule has 0 aromatic carbocycles. The quantitative estimate of drug-likeness (QED) is 0.111. The van der Waals surface area contributed by atoms with Gasteiger partial charge in [0.25, 0.3) is 0 Å². The first-order valence-electron chi connectivity index (χ1n) is 16.9. The summed E-state index contributed by atoms with van der Waals surface area (Å²) < 4.78 is 52.6. The molecule has 8 rings (SSSR count). The van der Waals surface area contributed by atoms with Gasteiger partial charge in [-0.15, -0.1) is 0 Å². The van der Waals surface area contributed by atoms with Crippen LogP contribution in [-0.2, 0) is 56.8 Å². The number of aliphatic hydroxyl groups excluding tert-OH is 2. The van der Waals surface area contributed by atoms with Crippen molar-refractivity contribution in [3.8, 4) is 0 Å². The first-order chi connectivity index (χ1) is 25.1. The molecule has 4 aliphatic rings.